The van der Waals surface area contributed by atoms with Crippen molar-refractivity contribution in [1.82, 2.24) is 0 Å². The monoisotopic (exact) mass is 378 g/mol. The van der Waals surface area contributed by atoms with Crippen molar-refractivity contribution in [3.8, 4) is 0 Å². The van der Waals surface area contributed by atoms with E-state index in [2.05, 4.69) is 43.3 Å². The Morgan fingerprint density at radius 3 is 2.64 bits per heavy atom. The predicted molar refractivity (Wildman–Crippen MR) is 111 cm³/mol. The zero-order chi connectivity index (χ0) is 19.8. The van der Waals surface area contributed by atoms with Gasteiger partial charge in [-0.2, -0.15) is 0 Å². The number of aryl methyl sites for hydroxylation is 1. The van der Waals surface area contributed by atoms with Crippen molar-refractivity contribution in [3.63, 3.8) is 0 Å². The Bertz CT molecular complexity index is 859. The van der Waals surface area contributed by atoms with Gasteiger partial charge in [-0.3, -0.25) is 0 Å². The Kier molecular flexibility index (Phi) is 5.05. The van der Waals surface area contributed by atoms with Gasteiger partial charge in [0.15, 0.2) is 0 Å². The van der Waals surface area contributed by atoms with E-state index >= 15 is 0 Å². The number of carbonyl (C=O) groups is 1. The van der Waals surface area contributed by atoms with Crippen LogP contribution in [0.4, 0.5) is 0 Å². The van der Waals surface area contributed by atoms with Gasteiger partial charge in [-0.05, 0) is 86.1 Å². The molecule has 1 fully saturated rings. The van der Waals surface area contributed by atoms with Crippen molar-refractivity contribution < 1.29 is 15.0 Å². The van der Waals surface area contributed by atoms with Crippen LogP contribution in [-0.2, 0) is 18.3 Å². The standard InChI is InChI=1S/C25H30O3/c1-2-24(28)13-14-25(16-18-7-4-3-5-8-18)21(17-24)10-6-9-19-15-20(23(26)27)11-12-22(19)25/h3-5,7-8,11-12,15,21,28H,2,6,9-10,13-14,16-17H2,1H3,(H,26,27)/t21-,24-,25-/m0/s1. The van der Waals surface area contributed by atoms with Crippen LogP contribution < -0.4 is 0 Å². The molecule has 2 N–H and O–H groups in total. The van der Waals surface area contributed by atoms with Crippen LogP contribution in [-0.4, -0.2) is 21.8 Å². The second kappa shape index (κ2) is 7.36. The predicted octanol–water partition coefficient (Wildman–Crippen LogP) is 5.14. The van der Waals surface area contributed by atoms with Gasteiger partial charge in [-0.25, -0.2) is 4.79 Å². The van der Waals surface area contributed by atoms with Crippen LogP contribution in [0.25, 0.3) is 0 Å². The molecule has 2 aliphatic carbocycles. The maximum atomic E-state index is 11.5. The van der Waals surface area contributed by atoms with Gasteiger partial charge in [-0.1, -0.05) is 43.3 Å². The summed E-state index contributed by atoms with van der Waals surface area (Å²) in [4.78, 5) is 11.5. The third-order valence-electron chi connectivity index (χ3n) is 7.35. The summed E-state index contributed by atoms with van der Waals surface area (Å²) < 4.78 is 0. The number of fused-ring (bicyclic) bond motifs is 3. The molecule has 0 saturated heterocycles. The number of hydrogen-bond acceptors (Lipinski definition) is 2. The van der Waals surface area contributed by atoms with Gasteiger partial charge in [0, 0.05) is 5.41 Å². The second-order valence-corrected chi connectivity index (χ2v) is 8.87. The van der Waals surface area contributed by atoms with Crippen LogP contribution in [0.2, 0.25) is 0 Å². The van der Waals surface area contributed by atoms with Gasteiger partial charge >= 0.3 is 5.97 Å². The third kappa shape index (κ3) is 3.37. The average Bonchev–Trinajstić information content (AvgIpc) is 2.85. The van der Waals surface area contributed by atoms with Crippen molar-refractivity contribution in [2.24, 2.45) is 5.92 Å². The highest BCUT2D eigenvalue weighted by atomic mass is 16.4. The Labute approximate surface area is 167 Å². The third-order valence-corrected chi connectivity index (χ3v) is 7.35. The molecule has 28 heavy (non-hydrogen) atoms. The molecule has 0 radical (unpaired) electrons. The molecule has 1 saturated carbocycles. The normalized spacial score (nSPS) is 29.4. The minimum absolute atomic E-state index is 0.0222. The lowest BCUT2D eigenvalue weighted by Crippen LogP contribution is -2.48. The van der Waals surface area contributed by atoms with Gasteiger partial charge in [0.2, 0.25) is 0 Å². The largest absolute Gasteiger partial charge is 0.478 e. The molecule has 0 unspecified atom stereocenters. The van der Waals surface area contributed by atoms with Crippen molar-refractivity contribution in [2.75, 3.05) is 0 Å². The molecule has 148 valence electrons. The van der Waals surface area contributed by atoms with Crippen molar-refractivity contribution in [1.29, 1.82) is 0 Å². The van der Waals surface area contributed by atoms with E-state index in [4.69, 9.17) is 0 Å². The fourth-order valence-electron chi connectivity index (χ4n) is 5.72. The number of hydrogen-bond donors (Lipinski definition) is 2. The highest BCUT2D eigenvalue weighted by Gasteiger charge is 2.50. The van der Waals surface area contributed by atoms with E-state index in [-0.39, 0.29) is 5.41 Å². The minimum atomic E-state index is -0.857. The van der Waals surface area contributed by atoms with Crippen LogP contribution in [0.5, 0.6) is 0 Å². The molecule has 2 aliphatic rings. The van der Waals surface area contributed by atoms with Gasteiger partial charge in [0.1, 0.15) is 0 Å². The number of rotatable bonds is 4. The Morgan fingerprint density at radius 1 is 1.14 bits per heavy atom. The van der Waals surface area contributed by atoms with Crippen molar-refractivity contribution >= 4 is 5.97 Å². The van der Waals surface area contributed by atoms with E-state index in [1.807, 2.05) is 6.07 Å². The summed E-state index contributed by atoms with van der Waals surface area (Å²) in [6.07, 6.45) is 7.44. The van der Waals surface area contributed by atoms with Gasteiger partial charge < -0.3 is 10.2 Å². The minimum Gasteiger partial charge on any atom is -0.478 e. The summed E-state index contributed by atoms with van der Waals surface area (Å²) in [5.74, 6) is -0.437. The van der Waals surface area contributed by atoms with Crippen LogP contribution in [0, 0.1) is 5.92 Å². The number of carboxylic acids is 1. The number of benzene rings is 2. The van der Waals surface area contributed by atoms with E-state index in [9.17, 15) is 15.0 Å². The fourth-order valence-corrected chi connectivity index (χ4v) is 5.72. The zero-order valence-electron chi connectivity index (χ0n) is 16.7. The van der Waals surface area contributed by atoms with Crippen LogP contribution in [0.3, 0.4) is 0 Å². The lowest BCUT2D eigenvalue weighted by atomic mass is 9.55. The van der Waals surface area contributed by atoms with Crippen LogP contribution in [0.1, 0.15) is 72.5 Å². The summed E-state index contributed by atoms with van der Waals surface area (Å²) in [5.41, 5.74) is 3.64. The highest BCUT2D eigenvalue weighted by molar-refractivity contribution is 5.88. The number of aliphatic hydroxyl groups is 1. The summed E-state index contributed by atoms with van der Waals surface area (Å²) in [7, 11) is 0. The van der Waals surface area contributed by atoms with Crippen molar-refractivity contribution in [2.45, 2.75) is 69.3 Å². The van der Waals surface area contributed by atoms with E-state index in [0.717, 1.165) is 51.4 Å². The molecular formula is C25H30O3. The quantitative estimate of drug-likeness (QED) is 0.774. The van der Waals surface area contributed by atoms with Gasteiger partial charge in [0.25, 0.3) is 0 Å². The maximum absolute atomic E-state index is 11.5. The fraction of sp³-hybridized carbons (Fsp3) is 0.480. The molecule has 0 bridgehead atoms. The Morgan fingerprint density at radius 2 is 1.93 bits per heavy atom. The summed E-state index contributed by atoms with van der Waals surface area (Å²) >= 11 is 0. The molecule has 2 aromatic carbocycles. The van der Waals surface area contributed by atoms with Crippen LogP contribution >= 0.6 is 0 Å². The van der Waals surface area contributed by atoms with E-state index < -0.39 is 11.6 Å². The molecule has 0 heterocycles. The summed E-state index contributed by atoms with van der Waals surface area (Å²) in [6, 6.07) is 16.4. The van der Waals surface area contributed by atoms with E-state index in [0.29, 0.717) is 11.5 Å². The molecule has 3 nitrogen and oxygen atoms in total. The van der Waals surface area contributed by atoms with Gasteiger partial charge in [0.05, 0.1) is 11.2 Å². The first-order valence-corrected chi connectivity index (χ1v) is 10.6. The first kappa shape index (κ1) is 19.2. The molecule has 0 aromatic heterocycles. The Hall–Kier alpha value is -2.13. The SMILES string of the molecule is CC[C@]1(O)CC[C@@]2(Cc3ccccc3)c3ccc(C(=O)O)cc3CCC[C@H]2C1. The molecule has 0 aliphatic heterocycles. The molecule has 0 amide bonds. The average molecular weight is 379 g/mol. The first-order valence-electron chi connectivity index (χ1n) is 10.6. The second-order valence-electron chi connectivity index (χ2n) is 8.87. The van der Waals surface area contributed by atoms with Gasteiger partial charge in [-0.15, -0.1) is 0 Å². The highest BCUT2D eigenvalue weighted by Crippen LogP contribution is 2.54. The molecule has 2 aromatic rings. The molecule has 3 atom stereocenters. The molecule has 3 heteroatoms. The maximum Gasteiger partial charge on any atom is 0.335 e. The number of carboxylic acid groups (broad SMARTS) is 1. The molecular weight excluding hydrogens is 348 g/mol. The smallest absolute Gasteiger partial charge is 0.335 e. The summed E-state index contributed by atoms with van der Waals surface area (Å²) in [6.45, 7) is 2.09. The molecule has 0 spiro atoms. The van der Waals surface area contributed by atoms with E-state index in [1.54, 1.807) is 6.07 Å². The van der Waals surface area contributed by atoms with Crippen LogP contribution in [0.15, 0.2) is 48.5 Å². The first-order chi connectivity index (χ1) is 13.5. The van der Waals surface area contributed by atoms with E-state index in [1.165, 1.54) is 16.7 Å². The lowest BCUT2D eigenvalue weighted by Gasteiger charge is -2.50. The van der Waals surface area contributed by atoms with Crippen molar-refractivity contribution in [3.05, 3.63) is 70.8 Å². The zero-order valence-corrected chi connectivity index (χ0v) is 16.7. The lowest BCUT2D eigenvalue weighted by molar-refractivity contribution is -0.0497. The Balaban J connectivity index is 1.83. The number of aromatic carboxylic acids is 1. The molecule has 4 rings (SSSR count). The topological polar surface area (TPSA) is 57.5 Å². The summed E-state index contributed by atoms with van der Waals surface area (Å²) in [5, 5.41) is 20.5.